The molecule has 1 aromatic rings. The number of carboxylic acids is 1. The van der Waals surface area contributed by atoms with E-state index in [1.807, 2.05) is 0 Å². The highest BCUT2D eigenvalue weighted by molar-refractivity contribution is 6.42. The van der Waals surface area contributed by atoms with Gasteiger partial charge < -0.3 is 15.2 Å². The molecule has 1 saturated heterocycles. The van der Waals surface area contributed by atoms with Crippen molar-refractivity contribution in [1.29, 1.82) is 0 Å². The SMILES string of the molecule is O=C(O)C1NCCOCC1c1ccc(Cl)c(Cl)c1. The van der Waals surface area contributed by atoms with E-state index in [2.05, 4.69) is 5.32 Å². The molecule has 6 heteroatoms. The molecule has 4 nitrogen and oxygen atoms in total. The zero-order valence-electron chi connectivity index (χ0n) is 9.53. The third-order valence-electron chi connectivity index (χ3n) is 2.95. The number of rotatable bonds is 2. The molecule has 18 heavy (non-hydrogen) atoms. The summed E-state index contributed by atoms with van der Waals surface area (Å²) in [5.41, 5.74) is 0.811. The molecule has 1 heterocycles. The van der Waals surface area contributed by atoms with Gasteiger partial charge in [-0.1, -0.05) is 29.3 Å². The highest BCUT2D eigenvalue weighted by atomic mass is 35.5. The Labute approximate surface area is 115 Å². The predicted molar refractivity (Wildman–Crippen MR) is 69.4 cm³/mol. The number of aliphatic carboxylic acids is 1. The minimum absolute atomic E-state index is 0.278. The van der Waals surface area contributed by atoms with Crippen molar-refractivity contribution in [3.8, 4) is 0 Å². The van der Waals surface area contributed by atoms with Crippen molar-refractivity contribution in [2.24, 2.45) is 0 Å². The zero-order chi connectivity index (χ0) is 13.1. The van der Waals surface area contributed by atoms with E-state index in [1.165, 1.54) is 0 Å². The first-order valence-corrected chi connectivity index (χ1v) is 6.34. The first-order valence-electron chi connectivity index (χ1n) is 5.58. The van der Waals surface area contributed by atoms with E-state index in [0.717, 1.165) is 5.56 Å². The van der Waals surface area contributed by atoms with Gasteiger partial charge in [-0.2, -0.15) is 0 Å². The number of carboxylic acid groups (broad SMARTS) is 1. The van der Waals surface area contributed by atoms with Crippen LogP contribution in [0.25, 0.3) is 0 Å². The fourth-order valence-corrected chi connectivity index (χ4v) is 2.33. The Morgan fingerprint density at radius 3 is 2.83 bits per heavy atom. The monoisotopic (exact) mass is 289 g/mol. The number of halogens is 2. The topological polar surface area (TPSA) is 58.6 Å². The summed E-state index contributed by atoms with van der Waals surface area (Å²) in [6.07, 6.45) is 0. The molecule has 1 aliphatic heterocycles. The van der Waals surface area contributed by atoms with Crippen LogP contribution in [-0.2, 0) is 9.53 Å². The summed E-state index contributed by atoms with van der Waals surface area (Å²) in [5.74, 6) is -1.17. The first kappa shape index (κ1) is 13.6. The normalized spacial score (nSPS) is 24.6. The van der Waals surface area contributed by atoms with Gasteiger partial charge in [-0.25, -0.2) is 0 Å². The number of ether oxygens (including phenoxy) is 1. The Balaban J connectivity index is 2.31. The Bertz CT molecular complexity index is 453. The molecule has 98 valence electrons. The number of carbonyl (C=O) groups is 1. The Hall–Kier alpha value is -0.810. The zero-order valence-corrected chi connectivity index (χ0v) is 11.0. The van der Waals surface area contributed by atoms with Crippen molar-refractivity contribution in [2.45, 2.75) is 12.0 Å². The van der Waals surface area contributed by atoms with E-state index in [1.54, 1.807) is 18.2 Å². The lowest BCUT2D eigenvalue weighted by molar-refractivity contribution is -0.140. The van der Waals surface area contributed by atoms with E-state index >= 15 is 0 Å². The summed E-state index contributed by atoms with van der Waals surface area (Å²) in [6, 6.07) is 4.47. The molecule has 2 N–H and O–H groups in total. The Kier molecular flexibility index (Phi) is 4.45. The second-order valence-electron chi connectivity index (χ2n) is 4.12. The van der Waals surface area contributed by atoms with Gasteiger partial charge >= 0.3 is 5.97 Å². The summed E-state index contributed by atoms with van der Waals surface area (Å²) in [4.78, 5) is 11.3. The Morgan fingerprint density at radius 2 is 2.17 bits per heavy atom. The molecule has 0 bridgehead atoms. The third-order valence-corrected chi connectivity index (χ3v) is 3.69. The minimum Gasteiger partial charge on any atom is -0.480 e. The summed E-state index contributed by atoms with van der Waals surface area (Å²) in [5, 5.41) is 13.1. The summed E-state index contributed by atoms with van der Waals surface area (Å²) >= 11 is 11.8. The number of hydrogen-bond donors (Lipinski definition) is 2. The quantitative estimate of drug-likeness (QED) is 0.876. The maximum atomic E-state index is 11.3. The van der Waals surface area contributed by atoms with Gasteiger partial charge in [0.15, 0.2) is 0 Å². The number of benzene rings is 1. The standard InChI is InChI=1S/C12H13Cl2NO3/c13-9-2-1-7(5-10(9)14)8-6-18-4-3-15-11(8)12(16)17/h1-2,5,8,11,15H,3-4,6H2,(H,16,17). The van der Waals surface area contributed by atoms with Gasteiger partial charge in [0.2, 0.25) is 0 Å². The van der Waals surface area contributed by atoms with Crippen LogP contribution in [0.3, 0.4) is 0 Å². The summed E-state index contributed by atoms with van der Waals surface area (Å²) in [7, 11) is 0. The second-order valence-corrected chi connectivity index (χ2v) is 4.94. The van der Waals surface area contributed by atoms with Crippen molar-refractivity contribution in [2.75, 3.05) is 19.8 Å². The second kappa shape index (κ2) is 5.89. The van der Waals surface area contributed by atoms with Crippen LogP contribution in [0.5, 0.6) is 0 Å². The average molecular weight is 290 g/mol. The molecule has 1 aromatic carbocycles. The molecule has 2 rings (SSSR count). The van der Waals surface area contributed by atoms with Crippen LogP contribution >= 0.6 is 23.2 Å². The van der Waals surface area contributed by atoms with Crippen LogP contribution in [-0.4, -0.2) is 36.9 Å². The molecule has 0 aromatic heterocycles. The lowest BCUT2D eigenvalue weighted by Crippen LogP contribution is -2.41. The average Bonchev–Trinajstić information content (AvgIpc) is 2.58. The molecular formula is C12H13Cl2NO3. The predicted octanol–water partition coefficient (Wildman–Crippen LogP) is 2.15. The maximum absolute atomic E-state index is 11.3. The highest BCUT2D eigenvalue weighted by Crippen LogP contribution is 2.29. The molecule has 2 unspecified atom stereocenters. The fraction of sp³-hybridized carbons (Fsp3) is 0.417. The Morgan fingerprint density at radius 1 is 1.39 bits per heavy atom. The van der Waals surface area contributed by atoms with Crippen molar-refractivity contribution in [3.63, 3.8) is 0 Å². The third kappa shape index (κ3) is 2.95. The number of nitrogens with one attached hydrogen (secondary N) is 1. The molecule has 1 aliphatic rings. The lowest BCUT2D eigenvalue weighted by atomic mass is 9.92. The van der Waals surface area contributed by atoms with Crippen LogP contribution in [0.1, 0.15) is 11.5 Å². The van der Waals surface area contributed by atoms with E-state index in [4.69, 9.17) is 27.9 Å². The van der Waals surface area contributed by atoms with E-state index in [0.29, 0.717) is 29.8 Å². The van der Waals surface area contributed by atoms with Gasteiger partial charge in [0.05, 0.1) is 23.3 Å². The molecule has 1 fully saturated rings. The summed E-state index contributed by atoms with van der Waals surface area (Å²) < 4.78 is 5.41. The maximum Gasteiger partial charge on any atom is 0.321 e. The summed E-state index contributed by atoms with van der Waals surface area (Å²) in [6.45, 7) is 1.37. The highest BCUT2D eigenvalue weighted by Gasteiger charge is 2.31. The largest absolute Gasteiger partial charge is 0.480 e. The van der Waals surface area contributed by atoms with Gasteiger partial charge in [0.1, 0.15) is 6.04 Å². The van der Waals surface area contributed by atoms with Crippen molar-refractivity contribution in [1.82, 2.24) is 5.32 Å². The van der Waals surface area contributed by atoms with Crippen molar-refractivity contribution in [3.05, 3.63) is 33.8 Å². The molecule has 0 saturated carbocycles. The number of hydrogen-bond acceptors (Lipinski definition) is 3. The van der Waals surface area contributed by atoms with Gasteiger partial charge in [-0.15, -0.1) is 0 Å². The molecular weight excluding hydrogens is 277 g/mol. The van der Waals surface area contributed by atoms with Gasteiger partial charge in [0, 0.05) is 12.5 Å². The smallest absolute Gasteiger partial charge is 0.321 e. The molecule has 0 amide bonds. The van der Waals surface area contributed by atoms with E-state index < -0.39 is 12.0 Å². The van der Waals surface area contributed by atoms with Crippen LogP contribution in [0.15, 0.2) is 18.2 Å². The van der Waals surface area contributed by atoms with Gasteiger partial charge in [0.25, 0.3) is 0 Å². The van der Waals surface area contributed by atoms with Crippen LogP contribution in [0.4, 0.5) is 0 Å². The van der Waals surface area contributed by atoms with E-state index in [9.17, 15) is 9.90 Å². The van der Waals surface area contributed by atoms with Crippen LogP contribution in [0.2, 0.25) is 10.0 Å². The van der Waals surface area contributed by atoms with Crippen LogP contribution in [0, 0.1) is 0 Å². The molecule has 0 aliphatic carbocycles. The minimum atomic E-state index is -0.892. The van der Waals surface area contributed by atoms with Gasteiger partial charge in [-0.05, 0) is 17.7 Å². The lowest BCUT2D eigenvalue weighted by Gasteiger charge is -2.22. The van der Waals surface area contributed by atoms with Crippen molar-refractivity contribution >= 4 is 29.2 Å². The van der Waals surface area contributed by atoms with Gasteiger partial charge in [-0.3, -0.25) is 4.79 Å². The fourth-order valence-electron chi connectivity index (χ4n) is 2.03. The first-order chi connectivity index (χ1) is 8.59. The molecule has 0 spiro atoms. The van der Waals surface area contributed by atoms with Crippen LogP contribution < -0.4 is 5.32 Å². The molecule has 2 atom stereocenters. The van der Waals surface area contributed by atoms with Crippen molar-refractivity contribution < 1.29 is 14.6 Å². The molecule has 0 radical (unpaired) electrons. The van der Waals surface area contributed by atoms with E-state index in [-0.39, 0.29) is 5.92 Å².